The molecule has 0 aliphatic heterocycles. The molecule has 0 spiro atoms. The monoisotopic (exact) mass is 238 g/mol. The highest BCUT2D eigenvalue weighted by Gasteiger charge is 2.09. The van der Waals surface area contributed by atoms with Crippen LogP contribution in [-0.4, -0.2) is 24.9 Å². The zero-order valence-corrected chi connectivity index (χ0v) is 11.0. The van der Waals surface area contributed by atoms with E-state index in [0.717, 1.165) is 38.4 Å². The highest BCUT2D eigenvalue weighted by molar-refractivity contribution is 4.94. The normalized spacial score (nSPS) is 19.6. The number of rotatable bonds is 5. The Balaban J connectivity index is 0.000000181. The van der Waals surface area contributed by atoms with E-state index in [1.54, 1.807) is 0 Å². The third kappa shape index (κ3) is 6.64. The van der Waals surface area contributed by atoms with Crippen LogP contribution in [-0.2, 0) is 4.74 Å². The quantitative estimate of drug-likeness (QED) is 0.588. The maximum atomic E-state index is 8.53. The van der Waals surface area contributed by atoms with Gasteiger partial charge in [-0.25, -0.2) is 0 Å². The molecule has 0 aromatic heterocycles. The van der Waals surface area contributed by atoms with E-state index < -0.39 is 0 Å². The lowest BCUT2D eigenvalue weighted by molar-refractivity contribution is 0.104. The van der Waals surface area contributed by atoms with Gasteiger partial charge in [0.25, 0.3) is 0 Å². The summed E-state index contributed by atoms with van der Waals surface area (Å²) in [6, 6.07) is 0. The van der Waals surface area contributed by atoms with Crippen LogP contribution in [0, 0.1) is 11.8 Å². The Bertz CT molecular complexity index is 217. The number of hydrogen-bond acceptors (Lipinski definition) is 2. The van der Waals surface area contributed by atoms with Gasteiger partial charge in [0.1, 0.15) is 0 Å². The van der Waals surface area contributed by atoms with Crippen LogP contribution in [0.5, 0.6) is 0 Å². The lowest BCUT2D eigenvalue weighted by Crippen LogP contribution is -2.05. The van der Waals surface area contributed by atoms with Crippen molar-refractivity contribution >= 4 is 0 Å². The molecule has 0 unspecified atom stereocenters. The van der Waals surface area contributed by atoms with Crippen molar-refractivity contribution in [3.05, 3.63) is 24.3 Å². The van der Waals surface area contributed by atoms with Crippen LogP contribution >= 0.6 is 0 Å². The standard InChI is InChI=1S/C9H16O.C6H10O/c1-2-7-10-8-9-5-3-4-6-9;7-5-6-3-1-2-4-6/h3-4,9H,2,5-8H2,1H3;1-2,6-7H,3-5H2. The van der Waals surface area contributed by atoms with Gasteiger partial charge in [0, 0.05) is 19.8 Å². The molecule has 0 atom stereocenters. The second-order valence-corrected chi connectivity index (χ2v) is 4.88. The first-order valence-corrected chi connectivity index (χ1v) is 6.85. The first-order valence-electron chi connectivity index (χ1n) is 6.85. The fourth-order valence-corrected chi connectivity index (χ4v) is 2.03. The summed E-state index contributed by atoms with van der Waals surface area (Å²) in [6.07, 6.45) is 14.5. The Morgan fingerprint density at radius 3 is 1.94 bits per heavy atom. The van der Waals surface area contributed by atoms with E-state index in [1.807, 2.05) is 0 Å². The molecule has 0 saturated carbocycles. The van der Waals surface area contributed by atoms with Gasteiger partial charge in [-0.3, -0.25) is 0 Å². The van der Waals surface area contributed by atoms with Crippen molar-refractivity contribution in [1.82, 2.24) is 0 Å². The van der Waals surface area contributed by atoms with Crippen LogP contribution in [0.1, 0.15) is 39.0 Å². The molecule has 0 bridgehead atoms. The Morgan fingerprint density at radius 2 is 1.53 bits per heavy atom. The first-order chi connectivity index (χ1) is 8.36. The first kappa shape index (κ1) is 14.5. The number of ether oxygens (including phenoxy) is 1. The summed E-state index contributed by atoms with van der Waals surface area (Å²) in [6.45, 7) is 4.39. The Kier molecular flexibility index (Phi) is 8.02. The highest BCUT2D eigenvalue weighted by Crippen LogP contribution is 2.17. The molecular weight excluding hydrogens is 212 g/mol. The van der Waals surface area contributed by atoms with Crippen LogP contribution < -0.4 is 0 Å². The van der Waals surface area contributed by atoms with Crippen molar-refractivity contribution in [2.75, 3.05) is 19.8 Å². The molecule has 2 aliphatic rings. The zero-order valence-electron chi connectivity index (χ0n) is 11.0. The van der Waals surface area contributed by atoms with Crippen molar-refractivity contribution in [1.29, 1.82) is 0 Å². The predicted molar refractivity (Wildman–Crippen MR) is 71.9 cm³/mol. The Labute approximate surface area is 105 Å². The molecule has 0 fully saturated rings. The summed E-state index contributed by atoms with van der Waals surface area (Å²) < 4.78 is 5.43. The fourth-order valence-electron chi connectivity index (χ4n) is 2.03. The molecule has 2 nitrogen and oxygen atoms in total. The fraction of sp³-hybridized carbons (Fsp3) is 0.733. The molecule has 2 heteroatoms. The smallest absolute Gasteiger partial charge is 0.0500 e. The summed E-state index contributed by atoms with van der Waals surface area (Å²) in [5.41, 5.74) is 0. The maximum Gasteiger partial charge on any atom is 0.0500 e. The average molecular weight is 238 g/mol. The zero-order chi connectivity index (χ0) is 12.3. The van der Waals surface area contributed by atoms with E-state index in [1.165, 1.54) is 12.8 Å². The van der Waals surface area contributed by atoms with Gasteiger partial charge < -0.3 is 9.84 Å². The summed E-state index contributed by atoms with van der Waals surface area (Å²) in [4.78, 5) is 0. The number of allylic oxidation sites excluding steroid dienone is 4. The van der Waals surface area contributed by atoms with Gasteiger partial charge in [-0.2, -0.15) is 0 Å². The molecule has 1 N–H and O–H groups in total. The third-order valence-corrected chi connectivity index (χ3v) is 3.17. The van der Waals surface area contributed by atoms with E-state index in [-0.39, 0.29) is 0 Å². The minimum Gasteiger partial charge on any atom is -0.396 e. The number of aliphatic hydroxyl groups excluding tert-OH is 1. The van der Waals surface area contributed by atoms with Crippen LogP contribution in [0.15, 0.2) is 24.3 Å². The summed E-state index contributed by atoms with van der Waals surface area (Å²) in [5, 5.41) is 8.53. The van der Waals surface area contributed by atoms with Crippen LogP contribution in [0.4, 0.5) is 0 Å². The largest absolute Gasteiger partial charge is 0.396 e. The maximum absolute atomic E-state index is 8.53. The van der Waals surface area contributed by atoms with Gasteiger partial charge in [-0.1, -0.05) is 31.2 Å². The second kappa shape index (κ2) is 9.43. The summed E-state index contributed by atoms with van der Waals surface area (Å²) in [7, 11) is 0. The molecule has 0 aromatic carbocycles. The van der Waals surface area contributed by atoms with Gasteiger partial charge in [0.15, 0.2) is 0 Å². The molecule has 0 saturated heterocycles. The van der Waals surface area contributed by atoms with Crippen molar-refractivity contribution in [2.45, 2.75) is 39.0 Å². The van der Waals surface area contributed by atoms with Gasteiger partial charge in [0.2, 0.25) is 0 Å². The lowest BCUT2D eigenvalue weighted by Gasteiger charge is -2.08. The molecule has 0 heterocycles. The van der Waals surface area contributed by atoms with E-state index in [4.69, 9.17) is 9.84 Å². The SMILES string of the molecule is CCCOCC1CC=CC1.OCC1CC=CC1. The number of hydrogen-bond donors (Lipinski definition) is 1. The molecule has 2 rings (SSSR count). The van der Waals surface area contributed by atoms with E-state index in [0.29, 0.717) is 12.5 Å². The molecule has 98 valence electrons. The van der Waals surface area contributed by atoms with Gasteiger partial charge >= 0.3 is 0 Å². The Hall–Kier alpha value is -0.600. The van der Waals surface area contributed by atoms with Crippen molar-refractivity contribution in [2.24, 2.45) is 11.8 Å². The molecular formula is C15H26O2. The van der Waals surface area contributed by atoms with E-state index >= 15 is 0 Å². The van der Waals surface area contributed by atoms with E-state index in [2.05, 4.69) is 31.2 Å². The van der Waals surface area contributed by atoms with Crippen LogP contribution in [0.25, 0.3) is 0 Å². The minimum absolute atomic E-state index is 0.354. The van der Waals surface area contributed by atoms with Crippen molar-refractivity contribution in [3.63, 3.8) is 0 Å². The molecule has 0 aromatic rings. The van der Waals surface area contributed by atoms with Gasteiger partial charge in [-0.15, -0.1) is 0 Å². The lowest BCUT2D eigenvalue weighted by atomic mass is 10.1. The van der Waals surface area contributed by atoms with Crippen LogP contribution in [0.2, 0.25) is 0 Å². The van der Waals surface area contributed by atoms with E-state index in [9.17, 15) is 0 Å². The average Bonchev–Trinajstić information content (AvgIpc) is 3.03. The topological polar surface area (TPSA) is 29.5 Å². The van der Waals surface area contributed by atoms with Gasteiger partial charge in [0.05, 0.1) is 0 Å². The molecule has 0 radical (unpaired) electrons. The Morgan fingerprint density at radius 1 is 1.00 bits per heavy atom. The van der Waals surface area contributed by atoms with Crippen molar-refractivity contribution < 1.29 is 9.84 Å². The minimum atomic E-state index is 0.354. The highest BCUT2D eigenvalue weighted by atomic mass is 16.5. The predicted octanol–water partition coefficient (Wildman–Crippen LogP) is 3.32. The molecule has 17 heavy (non-hydrogen) atoms. The van der Waals surface area contributed by atoms with Gasteiger partial charge in [-0.05, 0) is 43.9 Å². The molecule has 2 aliphatic carbocycles. The van der Waals surface area contributed by atoms with Crippen molar-refractivity contribution in [3.8, 4) is 0 Å². The molecule has 0 amide bonds. The second-order valence-electron chi connectivity index (χ2n) is 4.88. The summed E-state index contributed by atoms with van der Waals surface area (Å²) >= 11 is 0. The number of aliphatic hydroxyl groups is 1. The third-order valence-electron chi connectivity index (χ3n) is 3.17. The summed E-state index contributed by atoms with van der Waals surface area (Å²) in [5.74, 6) is 1.33. The van der Waals surface area contributed by atoms with Crippen LogP contribution in [0.3, 0.4) is 0 Å².